The second-order valence-electron chi connectivity index (χ2n) is 17.3. The molecular formula is C48H87N3O12S. The van der Waals surface area contributed by atoms with Crippen LogP contribution in [0.3, 0.4) is 0 Å². The number of nitrogens with one attached hydrogen (secondary N) is 2. The molecule has 0 aliphatic rings. The maximum Gasteiger partial charge on any atom is 0.326 e. The fourth-order valence-electron chi connectivity index (χ4n) is 7.23. The van der Waals surface area contributed by atoms with E-state index < -0.39 is 73.2 Å². The van der Waals surface area contributed by atoms with Gasteiger partial charge in [0.1, 0.15) is 18.8 Å². The lowest BCUT2D eigenvalue weighted by Crippen LogP contribution is -2.66. The number of rotatable bonds is 46. The number of carbonyl (C=O) groups excluding carboxylic acids is 4. The monoisotopic (exact) mass is 930 g/mol. The number of carbonyl (C=O) groups is 7. The molecule has 0 fully saturated rings. The van der Waals surface area contributed by atoms with Crippen molar-refractivity contribution in [2.75, 3.05) is 18.1 Å². The van der Waals surface area contributed by atoms with Crippen LogP contribution in [0.25, 0.3) is 0 Å². The van der Waals surface area contributed by atoms with Crippen LogP contribution in [-0.2, 0) is 43.0 Å². The largest absolute Gasteiger partial charge is 0.481 e. The first-order valence-electron chi connectivity index (χ1n) is 24.7. The number of hydrogen-bond donors (Lipinski definition) is 6. The maximum atomic E-state index is 13.1. The molecule has 0 aromatic heterocycles. The van der Waals surface area contributed by atoms with Gasteiger partial charge in [-0.05, 0) is 19.3 Å². The zero-order chi connectivity index (χ0) is 47.7. The summed E-state index contributed by atoms with van der Waals surface area (Å²) >= 11 is 1.25. The van der Waals surface area contributed by atoms with Gasteiger partial charge in [0.05, 0.1) is 0 Å². The highest BCUT2D eigenvalue weighted by Gasteiger charge is 2.38. The molecule has 0 aromatic carbocycles. The van der Waals surface area contributed by atoms with Crippen molar-refractivity contribution < 1.29 is 58.4 Å². The SMILES string of the molecule is CCCCCCCCCCCCCCCC(=O)OC[C@H](CSCCC(=O)N[C@](N)(CCC(=O)O)C(=O)NC(CCC(=O)O)C(=O)O)OC(=O)CCCCCCCCCCCCCCC. The molecule has 0 saturated carbocycles. The van der Waals surface area contributed by atoms with Crippen LogP contribution >= 0.6 is 11.8 Å². The smallest absolute Gasteiger partial charge is 0.326 e. The summed E-state index contributed by atoms with van der Waals surface area (Å²) in [6.45, 7) is 4.33. The van der Waals surface area contributed by atoms with Crippen LogP contribution in [0, 0.1) is 0 Å². The van der Waals surface area contributed by atoms with E-state index in [0.29, 0.717) is 6.42 Å². The van der Waals surface area contributed by atoms with Gasteiger partial charge in [0.15, 0.2) is 5.66 Å². The Hall–Kier alpha value is -3.40. The molecule has 1 unspecified atom stereocenters. The summed E-state index contributed by atoms with van der Waals surface area (Å²) in [6, 6.07) is -1.64. The first kappa shape index (κ1) is 60.6. The third-order valence-corrected chi connectivity index (χ3v) is 12.3. The summed E-state index contributed by atoms with van der Waals surface area (Å²) in [7, 11) is 0. The van der Waals surface area contributed by atoms with Gasteiger partial charge in [-0.1, -0.05) is 168 Å². The Bertz CT molecular complexity index is 1290. The number of ether oxygens (including phenoxy) is 2. The van der Waals surface area contributed by atoms with Crippen LogP contribution in [0.5, 0.6) is 0 Å². The van der Waals surface area contributed by atoms with Gasteiger partial charge in [0.25, 0.3) is 5.91 Å². The molecule has 2 amide bonds. The van der Waals surface area contributed by atoms with Crippen LogP contribution in [0.15, 0.2) is 0 Å². The van der Waals surface area contributed by atoms with Gasteiger partial charge in [-0.3, -0.25) is 28.8 Å². The molecule has 0 radical (unpaired) electrons. The highest BCUT2D eigenvalue weighted by atomic mass is 32.2. The van der Waals surface area contributed by atoms with E-state index in [1.165, 1.54) is 127 Å². The molecule has 0 aromatic rings. The van der Waals surface area contributed by atoms with E-state index in [-0.39, 0.29) is 49.3 Å². The molecule has 372 valence electrons. The van der Waals surface area contributed by atoms with Gasteiger partial charge in [0.2, 0.25) is 5.91 Å². The first-order chi connectivity index (χ1) is 30.7. The van der Waals surface area contributed by atoms with E-state index in [4.69, 9.17) is 20.3 Å². The van der Waals surface area contributed by atoms with Gasteiger partial charge < -0.3 is 41.2 Å². The molecule has 0 heterocycles. The van der Waals surface area contributed by atoms with Gasteiger partial charge >= 0.3 is 29.8 Å². The minimum Gasteiger partial charge on any atom is -0.481 e. The maximum absolute atomic E-state index is 13.1. The van der Waals surface area contributed by atoms with E-state index >= 15 is 0 Å². The van der Waals surface area contributed by atoms with E-state index in [1.54, 1.807) is 0 Å². The van der Waals surface area contributed by atoms with Gasteiger partial charge in [-0.15, -0.1) is 0 Å². The van der Waals surface area contributed by atoms with Crippen molar-refractivity contribution in [2.45, 2.75) is 244 Å². The number of nitrogens with two attached hydrogens (primary N) is 1. The fraction of sp³-hybridized carbons (Fsp3) is 0.854. The Labute approximate surface area is 388 Å². The van der Waals surface area contributed by atoms with Crippen molar-refractivity contribution in [3.63, 3.8) is 0 Å². The lowest BCUT2D eigenvalue weighted by atomic mass is 10.0. The molecule has 0 aliphatic heterocycles. The molecule has 7 N–H and O–H groups in total. The lowest BCUT2D eigenvalue weighted by molar-refractivity contribution is -0.157. The van der Waals surface area contributed by atoms with E-state index in [2.05, 4.69) is 24.5 Å². The van der Waals surface area contributed by atoms with Crippen molar-refractivity contribution in [3.05, 3.63) is 0 Å². The molecule has 3 atom stereocenters. The van der Waals surface area contributed by atoms with E-state index in [1.807, 2.05) is 0 Å². The third-order valence-electron chi connectivity index (χ3n) is 11.2. The second-order valence-corrected chi connectivity index (χ2v) is 18.5. The normalized spacial score (nSPS) is 13.0. The summed E-state index contributed by atoms with van der Waals surface area (Å²) < 4.78 is 11.3. The summed E-state index contributed by atoms with van der Waals surface area (Å²) in [6.07, 6.45) is 28.2. The molecular weight excluding hydrogens is 843 g/mol. The van der Waals surface area contributed by atoms with Crippen molar-refractivity contribution in [1.29, 1.82) is 0 Å². The average molecular weight is 930 g/mol. The van der Waals surface area contributed by atoms with E-state index in [0.717, 1.165) is 44.9 Å². The molecule has 64 heavy (non-hydrogen) atoms. The predicted molar refractivity (Wildman–Crippen MR) is 252 cm³/mol. The number of aliphatic carboxylic acids is 3. The number of carboxylic acid groups (broad SMARTS) is 3. The molecule has 16 heteroatoms. The fourth-order valence-corrected chi connectivity index (χ4v) is 8.16. The van der Waals surface area contributed by atoms with Gasteiger partial charge in [-0.2, -0.15) is 11.8 Å². The highest BCUT2D eigenvalue weighted by molar-refractivity contribution is 7.99. The van der Waals surface area contributed by atoms with Crippen molar-refractivity contribution >= 4 is 53.4 Å². The van der Waals surface area contributed by atoms with Crippen molar-refractivity contribution in [1.82, 2.24) is 10.6 Å². The van der Waals surface area contributed by atoms with Gasteiger partial charge in [0, 0.05) is 50.0 Å². The Morgan fingerprint density at radius 2 is 0.984 bits per heavy atom. The van der Waals surface area contributed by atoms with Crippen molar-refractivity contribution in [2.24, 2.45) is 5.73 Å². The average Bonchev–Trinajstić information content (AvgIpc) is 3.25. The molecule has 0 rings (SSSR count). The molecule has 0 saturated heterocycles. The minimum atomic E-state index is -2.30. The van der Waals surface area contributed by atoms with Crippen LogP contribution in [0.4, 0.5) is 0 Å². The summed E-state index contributed by atoms with van der Waals surface area (Å²) in [5.74, 6) is -6.41. The summed E-state index contributed by atoms with van der Waals surface area (Å²) in [5, 5.41) is 32.0. The minimum absolute atomic E-state index is 0.130. The number of amides is 2. The Balaban J connectivity index is 5.03. The standard InChI is InChI=1S/C48H87N3O12S/c1-3-5-7-9-11-13-15-17-19-21-23-25-27-29-44(57)62-37-39(63-45(58)30-28-26-24-22-20-18-16-14-12-10-8-6-4-2)38-64-36-34-41(52)51-48(49,35-33-43(55)56)47(61)50-40(46(59)60)31-32-42(53)54/h39-40H,3-38,49H2,1-2H3,(H,50,61)(H,51,52)(H,53,54)(H,55,56)(H,59,60)/t39-,40?,48-/m1/s1. The van der Waals surface area contributed by atoms with Crippen LogP contribution in [-0.4, -0.2) is 92.9 Å². The molecule has 0 bridgehead atoms. The zero-order valence-electron chi connectivity index (χ0n) is 39.6. The Kier molecular flexibility index (Phi) is 38.9. The first-order valence-corrected chi connectivity index (χ1v) is 25.9. The predicted octanol–water partition coefficient (Wildman–Crippen LogP) is 9.60. The van der Waals surface area contributed by atoms with Crippen LogP contribution in [0.1, 0.15) is 226 Å². The topological polar surface area (TPSA) is 249 Å². The quantitative estimate of drug-likeness (QED) is 0.0189. The Morgan fingerprint density at radius 1 is 0.562 bits per heavy atom. The number of carboxylic acids is 3. The molecule has 0 spiro atoms. The highest BCUT2D eigenvalue weighted by Crippen LogP contribution is 2.17. The number of unbranched alkanes of at least 4 members (excludes halogenated alkanes) is 24. The summed E-state index contributed by atoms with van der Waals surface area (Å²) in [5.41, 5.74) is 3.84. The zero-order valence-corrected chi connectivity index (χ0v) is 40.4. The second kappa shape index (κ2) is 41.1. The number of thioether (sulfide) groups is 1. The number of esters is 2. The van der Waals surface area contributed by atoms with Gasteiger partial charge in [-0.25, -0.2) is 4.79 Å². The van der Waals surface area contributed by atoms with Crippen LogP contribution in [0.2, 0.25) is 0 Å². The van der Waals surface area contributed by atoms with Crippen molar-refractivity contribution in [3.8, 4) is 0 Å². The van der Waals surface area contributed by atoms with Crippen LogP contribution < -0.4 is 16.4 Å². The molecule has 0 aliphatic carbocycles. The third kappa shape index (κ3) is 36.9. The lowest BCUT2D eigenvalue weighted by Gasteiger charge is -2.30. The number of hydrogen-bond acceptors (Lipinski definition) is 11. The Morgan fingerprint density at radius 3 is 1.41 bits per heavy atom. The summed E-state index contributed by atoms with van der Waals surface area (Å²) in [4.78, 5) is 85.5. The van der Waals surface area contributed by atoms with E-state index in [9.17, 15) is 43.8 Å². The molecule has 15 nitrogen and oxygen atoms in total.